The molecule has 1 saturated carbocycles. The van der Waals surface area contributed by atoms with Crippen LogP contribution in [-0.2, 0) is 0 Å². The molecule has 5 nitrogen and oxygen atoms in total. The zero-order chi connectivity index (χ0) is 21.1. The van der Waals surface area contributed by atoms with Crippen LogP contribution in [0.2, 0.25) is 5.02 Å². The third kappa shape index (κ3) is 4.81. The minimum Gasteiger partial charge on any atom is -0.494 e. The predicted octanol–water partition coefficient (Wildman–Crippen LogP) is 5.12. The van der Waals surface area contributed by atoms with Gasteiger partial charge >= 0.3 is 0 Å². The van der Waals surface area contributed by atoms with Gasteiger partial charge in [-0.15, -0.1) is 0 Å². The molecule has 0 amide bonds. The van der Waals surface area contributed by atoms with Crippen LogP contribution in [0, 0.1) is 0 Å². The second-order valence-electron chi connectivity index (χ2n) is 7.97. The molecule has 1 aliphatic carbocycles. The lowest BCUT2D eigenvalue weighted by Gasteiger charge is -2.34. The number of halogens is 1. The SMILES string of the molecule is CCOc1ccc2nc(C=Cc3ccc(Cl)cc3)nc(C3CCC(N)(N)CC3)c2c1. The van der Waals surface area contributed by atoms with Crippen LogP contribution in [0.3, 0.4) is 0 Å². The molecule has 1 aromatic heterocycles. The first-order valence-electron chi connectivity index (χ1n) is 10.4. The van der Waals surface area contributed by atoms with Gasteiger partial charge in [0, 0.05) is 16.3 Å². The molecule has 6 heteroatoms. The Kier molecular flexibility index (Phi) is 6.04. The molecular weight excluding hydrogens is 396 g/mol. The molecule has 0 aliphatic heterocycles. The average Bonchev–Trinajstić information content (AvgIpc) is 2.73. The molecule has 156 valence electrons. The number of nitrogens with zero attached hydrogens (tertiary/aromatic N) is 2. The molecule has 0 spiro atoms. The number of aromatic nitrogens is 2. The molecule has 0 bridgehead atoms. The first kappa shape index (κ1) is 20.8. The molecule has 0 unspecified atom stereocenters. The van der Waals surface area contributed by atoms with E-state index in [1.165, 1.54) is 0 Å². The quantitative estimate of drug-likeness (QED) is 0.557. The van der Waals surface area contributed by atoms with Gasteiger partial charge in [-0.3, -0.25) is 0 Å². The highest BCUT2D eigenvalue weighted by Gasteiger charge is 2.30. The number of nitrogens with two attached hydrogens (primary N) is 2. The van der Waals surface area contributed by atoms with E-state index < -0.39 is 5.66 Å². The van der Waals surface area contributed by atoms with Gasteiger partial charge in [-0.1, -0.05) is 29.8 Å². The number of hydrogen-bond donors (Lipinski definition) is 2. The fourth-order valence-corrected chi connectivity index (χ4v) is 4.09. The Bertz CT molecular complexity index is 1050. The van der Waals surface area contributed by atoms with E-state index in [0.29, 0.717) is 18.3 Å². The van der Waals surface area contributed by atoms with Crippen LogP contribution >= 0.6 is 11.6 Å². The number of ether oxygens (including phenoxy) is 1. The molecule has 0 saturated heterocycles. The van der Waals surface area contributed by atoms with Crippen LogP contribution < -0.4 is 16.2 Å². The summed E-state index contributed by atoms with van der Waals surface area (Å²) in [6.07, 6.45) is 7.34. The van der Waals surface area contributed by atoms with E-state index in [2.05, 4.69) is 0 Å². The van der Waals surface area contributed by atoms with Crippen molar-refractivity contribution in [3.8, 4) is 5.75 Å². The molecule has 1 fully saturated rings. The van der Waals surface area contributed by atoms with Gasteiger partial charge in [0.1, 0.15) is 5.75 Å². The normalized spacial score (nSPS) is 16.9. The van der Waals surface area contributed by atoms with Crippen LogP contribution in [0.5, 0.6) is 5.75 Å². The van der Waals surface area contributed by atoms with Gasteiger partial charge in [0.05, 0.1) is 23.5 Å². The molecule has 0 atom stereocenters. The van der Waals surface area contributed by atoms with Crippen molar-refractivity contribution < 1.29 is 4.74 Å². The highest BCUT2D eigenvalue weighted by Crippen LogP contribution is 2.37. The van der Waals surface area contributed by atoms with Gasteiger partial charge in [0.2, 0.25) is 0 Å². The van der Waals surface area contributed by atoms with Crippen LogP contribution in [-0.4, -0.2) is 22.2 Å². The monoisotopic (exact) mass is 422 g/mol. The topological polar surface area (TPSA) is 87.0 Å². The van der Waals surface area contributed by atoms with Crippen molar-refractivity contribution in [1.82, 2.24) is 9.97 Å². The minimum absolute atomic E-state index is 0.301. The van der Waals surface area contributed by atoms with Crippen LogP contribution in [0.25, 0.3) is 23.1 Å². The average molecular weight is 423 g/mol. The molecule has 3 aromatic rings. The molecule has 30 heavy (non-hydrogen) atoms. The maximum Gasteiger partial charge on any atom is 0.152 e. The smallest absolute Gasteiger partial charge is 0.152 e. The van der Waals surface area contributed by atoms with Gasteiger partial charge in [-0.25, -0.2) is 9.97 Å². The summed E-state index contributed by atoms with van der Waals surface area (Å²) in [6.45, 7) is 2.60. The van der Waals surface area contributed by atoms with E-state index in [-0.39, 0.29) is 0 Å². The van der Waals surface area contributed by atoms with Gasteiger partial charge in [0.25, 0.3) is 0 Å². The summed E-state index contributed by atoms with van der Waals surface area (Å²) >= 11 is 5.98. The van der Waals surface area contributed by atoms with E-state index in [4.69, 9.17) is 37.8 Å². The summed E-state index contributed by atoms with van der Waals surface area (Å²) < 4.78 is 5.71. The van der Waals surface area contributed by atoms with Gasteiger partial charge in [0.15, 0.2) is 5.82 Å². The van der Waals surface area contributed by atoms with E-state index in [1.807, 2.05) is 61.5 Å². The first-order valence-corrected chi connectivity index (χ1v) is 10.8. The Morgan fingerprint density at radius 1 is 1.07 bits per heavy atom. The Hall–Kier alpha value is -2.47. The standard InChI is InChI=1S/C24H27ClN4O/c1-2-30-19-8-9-21-20(15-19)23(17-11-13-24(26,27)14-12-17)29-22(28-21)10-5-16-3-6-18(25)7-4-16/h3-10,15,17H,2,11-14,26-27H2,1H3. The highest BCUT2D eigenvalue weighted by molar-refractivity contribution is 6.30. The second kappa shape index (κ2) is 8.72. The largest absolute Gasteiger partial charge is 0.494 e. The summed E-state index contributed by atoms with van der Waals surface area (Å²) in [6, 6.07) is 13.7. The summed E-state index contributed by atoms with van der Waals surface area (Å²) in [5.74, 6) is 1.83. The molecule has 1 heterocycles. The van der Waals surface area contributed by atoms with Crippen LogP contribution in [0.15, 0.2) is 42.5 Å². The third-order valence-corrected chi connectivity index (χ3v) is 5.88. The fraction of sp³-hybridized carbons (Fsp3) is 0.333. The summed E-state index contributed by atoms with van der Waals surface area (Å²) in [5, 5.41) is 1.76. The maximum atomic E-state index is 6.15. The summed E-state index contributed by atoms with van der Waals surface area (Å²) in [5.41, 5.74) is 14.7. The molecule has 4 N–H and O–H groups in total. The zero-order valence-electron chi connectivity index (χ0n) is 17.1. The zero-order valence-corrected chi connectivity index (χ0v) is 17.9. The lowest BCUT2D eigenvalue weighted by molar-refractivity contribution is 0.279. The van der Waals surface area contributed by atoms with Gasteiger partial charge in [-0.05, 0) is 74.6 Å². The first-order chi connectivity index (χ1) is 14.4. The molecule has 0 radical (unpaired) electrons. The van der Waals surface area contributed by atoms with E-state index in [0.717, 1.165) is 58.6 Å². The van der Waals surface area contributed by atoms with Crippen molar-refractivity contribution in [2.75, 3.05) is 6.61 Å². The Morgan fingerprint density at radius 2 is 1.80 bits per heavy atom. The second-order valence-corrected chi connectivity index (χ2v) is 8.41. The fourth-order valence-electron chi connectivity index (χ4n) is 3.97. The van der Waals surface area contributed by atoms with E-state index >= 15 is 0 Å². The van der Waals surface area contributed by atoms with Crippen molar-refractivity contribution in [2.24, 2.45) is 11.5 Å². The number of benzene rings is 2. The molecule has 1 aliphatic rings. The van der Waals surface area contributed by atoms with E-state index in [1.54, 1.807) is 0 Å². The van der Waals surface area contributed by atoms with Crippen LogP contribution in [0.1, 0.15) is 55.6 Å². The lowest BCUT2D eigenvalue weighted by atomic mass is 9.80. The van der Waals surface area contributed by atoms with Crippen molar-refractivity contribution in [2.45, 2.75) is 44.2 Å². The van der Waals surface area contributed by atoms with Crippen molar-refractivity contribution in [3.05, 3.63) is 64.6 Å². The number of fused-ring (bicyclic) bond motifs is 1. The Balaban J connectivity index is 1.73. The highest BCUT2D eigenvalue weighted by atomic mass is 35.5. The number of rotatable bonds is 5. The van der Waals surface area contributed by atoms with Crippen molar-refractivity contribution >= 4 is 34.7 Å². The van der Waals surface area contributed by atoms with Gasteiger partial charge < -0.3 is 16.2 Å². The predicted molar refractivity (Wildman–Crippen MR) is 123 cm³/mol. The molecule has 2 aromatic carbocycles. The van der Waals surface area contributed by atoms with Crippen molar-refractivity contribution in [1.29, 1.82) is 0 Å². The summed E-state index contributed by atoms with van der Waals surface area (Å²) in [7, 11) is 0. The van der Waals surface area contributed by atoms with Crippen LogP contribution in [0.4, 0.5) is 0 Å². The Labute approximate surface area is 182 Å². The third-order valence-electron chi connectivity index (χ3n) is 5.62. The minimum atomic E-state index is -0.576. The van der Waals surface area contributed by atoms with Crippen molar-refractivity contribution in [3.63, 3.8) is 0 Å². The Morgan fingerprint density at radius 3 is 2.50 bits per heavy atom. The lowest BCUT2D eigenvalue weighted by Crippen LogP contribution is -2.51. The molecule has 4 rings (SSSR count). The maximum absolute atomic E-state index is 6.15. The number of hydrogen-bond acceptors (Lipinski definition) is 5. The molecular formula is C24H27ClN4O. The van der Waals surface area contributed by atoms with Gasteiger partial charge in [-0.2, -0.15) is 0 Å². The summed E-state index contributed by atoms with van der Waals surface area (Å²) in [4.78, 5) is 9.71. The van der Waals surface area contributed by atoms with E-state index in [9.17, 15) is 0 Å².